The zero-order valence-electron chi connectivity index (χ0n) is 11.0. The summed E-state index contributed by atoms with van der Waals surface area (Å²) in [6, 6.07) is 0.0607. The van der Waals surface area contributed by atoms with E-state index in [1.807, 2.05) is 6.92 Å². The van der Waals surface area contributed by atoms with Crippen LogP contribution in [0.2, 0.25) is 0 Å². The Hall–Kier alpha value is -0.170. The standard InChI is InChI=1S/C12H24N2O3S/c1-10(13)11-4-2-6-14(8-11)18(15,16)12-5-3-7-17-9-12/h10-12H,2-9,13H2,1H3. The summed E-state index contributed by atoms with van der Waals surface area (Å²) in [5, 5.41) is -0.349. The molecule has 2 fully saturated rings. The van der Waals surface area contributed by atoms with Crippen molar-refractivity contribution < 1.29 is 13.2 Å². The summed E-state index contributed by atoms with van der Waals surface area (Å²) in [5.41, 5.74) is 5.90. The van der Waals surface area contributed by atoms with Crippen LogP contribution in [-0.4, -0.2) is 50.3 Å². The lowest BCUT2D eigenvalue weighted by Crippen LogP contribution is -2.49. The van der Waals surface area contributed by atoms with Crippen LogP contribution in [0.25, 0.3) is 0 Å². The van der Waals surface area contributed by atoms with Crippen molar-refractivity contribution >= 4 is 10.0 Å². The maximum absolute atomic E-state index is 12.5. The van der Waals surface area contributed by atoms with Gasteiger partial charge in [0.15, 0.2) is 0 Å². The Kier molecular flexibility index (Phi) is 4.64. The van der Waals surface area contributed by atoms with E-state index in [2.05, 4.69) is 0 Å². The van der Waals surface area contributed by atoms with Crippen LogP contribution in [0.15, 0.2) is 0 Å². The number of hydrogen-bond acceptors (Lipinski definition) is 4. The minimum absolute atomic E-state index is 0.0607. The molecule has 0 saturated carbocycles. The monoisotopic (exact) mass is 276 g/mol. The lowest BCUT2D eigenvalue weighted by Gasteiger charge is -2.36. The molecule has 2 N–H and O–H groups in total. The van der Waals surface area contributed by atoms with Gasteiger partial charge in [-0.05, 0) is 38.5 Å². The van der Waals surface area contributed by atoms with Gasteiger partial charge in [-0.3, -0.25) is 0 Å². The number of nitrogens with zero attached hydrogens (tertiary/aromatic N) is 1. The SMILES string of the molecule is CC(N)C1CCCN(S(=O)(=O)C2CCCOC2)C1. The van der Waals surface area contributed by atoms with Crippen LogP contribution in [0.1, 0.15) is 32.6 Å². The van der Waals surface area contributed by atoms with Crippen LogP contribution in [-0.2, 0) is 14.8 Å². The first-order chi connectivity index (χ1) is 8.51. The number of rotatable bonds is 3. The normalized spacial score (nSPS) is 33.2. The summed E-state index contributed by atoms with van der Waals surface area (Å²) in [7, 11) is -3.20. The third-order valence-electron chi connectivity index (χ3n) is 4.06. The molecule has 0 radical (unpaired) electrons. The van der Waals surface area contributed by atoms with E-state index < -0.39 is 10.0 Å². The maximum Gasteiger partial charge on any atom is 0.219 e. The molecular weight excluding hydrogens is 252 g/mol. The van der Waals surface area contributed by atoms with E-state index in [0.717, 1.165) is 25.7 Å². The molecule has 2 saturated heterocycles. The molecule has 0 bridgehead atoms. The highest BCUT2D eigenvalue weighted by atomic mass is 32.2. The summed E-state index contributed by atoms with van der Waals surface area (Å²) in [4.78, 5) is 0. The molecule has 0 aromatic heterocycles. The van der Waals surface area contributed by atoms with E-state index in [1.165, 1.54) is 0 Å². The zero-order chi connectivity index (χ0) is 13.2. The zero-order valence-corrected chi connectivity index (χ0v) is 11.9. The highest BCUT2D eigenvalue weighted by Crippen LogP contribution is 2.25. The smallest absolute Gasteiger partial charge is 0.219 e. The predicted molar refractivity (Wildman–Crippen MR) is 70.7 cm³/mol. The number of ether oxygens (including phenoxy) is 1. The van der Waals surface area contributed by atoms with Gasteiger partial charge in [-0.15, -0.1) is 0 Å². The van der Waals surface area contributed by atoms with Crippen molar-refractivity contribution in [3.05, 3.63) is 0 Å². The summed E-state index contributed by atoms with van der Waals surface area (Å²) < 4.78 is 32.0. The van der Waals surface area contributed by atoms with Gasteiger partial charge < -0.3 is 10.5 Å². The second-order valence-corrected chi connectivity index (χ2v) is 7.72. The van der Waals surface area contributed by atoms with E-state index in [9.17, 15) is 8.42 Å². The quantitative estimate of drug-likeness (QED) is 0.817. The van der Waals surface area contributed by atoms with Crippen LogP contribution in [0, 0.1) is 5.92 Å². The van der Waals surface area contributed by atoms with E-state index in [4.69, 9.17) is 10.5 Å². The van der Waals surface area contributed by atoms with Gasteiger partial charge in [-0.2, -0.15) is 0 Å². The molecule has 6 heteroatoms. The molecule has 0 aliphatic carbocycles. The van der Waals surface area contributed by atoms with Crippen molar-refractivity contribution in [2.45, 2.75) is 43.9 Å². The molecule has 0 amide bonds. The predicted octanol–water partition coefficient (Wildman–Crippen LogP) is 0.554. The minimum atomic E-state index is -3.20. The number of piperidine rings is 1. The molecule has 3 atom stereocenters. The Bertz CT molecular complexity index is 364. The molecule has 0 aromatic rings. The second kappa shape index (κ2) is 5.86. The third-order valence-corrected chi connectivity index (χ3v) is 6.33. The number of nitrogens with two attached hydrogens (primary N) is 1. The summed E-state index contributed by atoms with van der Waals surface area (Å²) in [6.45, 7) is 4.22. The van der Waals surface area contributed by atoms with Crippen LogP contribution >= 0.6 is 0 Å². The molecule has 106 valence electrons. The first-order valence-electron chi connectivity index (χ1n) is 6.84. The molecule has 18 heavy (non-hydrogen) atoms. The Morgan fingerprint density at radius 3 is 2.72 bits per heavy atom. The van der Waals surface area contributed by atoms with E-state index in [-0.39, 0.29) is 17.2 Å². The average molecular weight is 276 g/mol. The van der Waals surface area contributed by atoms with Gasteiger partial charge in [-0.25, -0.2) is 12.7 Å². The minimum Gasteiger partial charge on any atom is -0.380 e. The van der Waals surface area contributed by atoms with Gasteiger partial charge in [0, 0.05) is 25.7 Å². The van der Waals surface area contributed by atoms with Crippen molar-refractivity contribution in [2.75, 3.05) is 26.3 Å². The van der Waals surface area contributed by atoms with Gasteiger partial charge in [0.25, 0.3) is 0 Å². The fraction of sp³-hybridized carbons (Fsp3) is 1.00. The van der Waals surface area contributed by atoms with E-state index in [0.29, 0.717) is 26.3 Å². The average Bonchev–Trinajstić information content (AvgIpc) is 2.40. The van der Waals surface area contributed by atoms with Gasteiger partial charge in [-0.1, -0.05) is 0 Å². The second-order valence-electron chi connectivity index (χ2n) is 5.50. The van der Waals surface area contributed by atoms with Crippen molar-refractivity contribution in [3.63, 3.8) is 0 Å². The molecule has 2 heterocycles. The maximum atomic E-state index is 12.5. The molecule has 0 spiro atoms. The first-order valence-corrected chi connectivity index (χ1v) is 8.34. The van der Waals surface area contributed by atoms with Gasteiger partial charge in [0.05, 0.1) is 11.9 Å². The summed E-state index contributed by atoms with van der Waals surface area (Å²) in [6.07, 6.45) is 3.51. The first kappa shape index (κ1) is 14.2. The Morgan fingerprint density at radius 1 is 1.33 bits per heavy atom. The molecule has 5 nitrogen and oxygen atoms in total. The largest absolute Gasteiger partial charge is 0.380 e. The van der Waals surface area contributed by atoms with Crippen LogP contribution in [0.4, 0.5) is 0 Å². The summed E-state index contributed by atoms with van der Waals surface area (Å²) >= 11 is 0. The number of hydrogen-bond donors (Lipinski definition) is 1. The highest BCUT2D eigenvalue weighted by molar-refractivity contribution is 7.89. The highest BCUT2D eigenvalue weighted by Gasteiger charge is 2.36. The van der Waals surface area contributed by atoms with Crippen LogP contribution in [0.3, 0.4) is 0 Å². The lowest BCUT2D eigenvalue weighted by atomic mass is 9.93. The topological polar surface area (TPSA) is 72.6 Å². The fourth-order valence-electron chi connectivity index (χ4n) is 2.79. The molecule has 0 aromatic carbocycles. The van der Waals surface area contributed by atoms with E-state index in [1.54, 1.807) is 4.31 Å². The van der Waals surface area contributed by atoms with Crippen molar-refractivity contribution in [2.24, 2.45) is 11.7 Å². The van der Waals surface area contributed by atoms with Gasteiger partial charge in [0.2, 0.25) is 10.0 Å². The molecule has 2 rings (SSSR count). The molecule has 3 unspecified atom stereocenters. The van der Waals surface area contributed by atoms with Crippen LogP contribution in [0.5, 0.6) is 0 Å². The van der Waals surface area contributed by atoms with Crippen molar-refractivity contribution in [1.82, 2.24) is 4.31 Å². The van der Waals surface area contributed by atoms with E-state index >= 15 is 0 Å². The third kappa shape index (κ3) is 3.04. The Labute approximate surface area is 110 Å². The molecule has 2 aliphatic heterocycles. The molecule has 2 aliphatic rings. The number of sulfonamides is 1. The summed E-state index contributed by atoms with van der Waals surface area (Å²) in [5.74, 6) is 0.290. The fourth-order valence-corrected chi connectivity index (χ4v) is 4.73. The Balaban J connectivity index is 2.04. The van der Waals surface area contributed by atoms with Gasteiger partial charge >= 0.3 is 0 Å². The Morgan fingerprint density at radius 2 is 2.11 bits per heavy atom. The lowest BCUT2D eigenvalue weighted by molar-refractivity contribution is 0.0965. The van der Waals surface area contributed by atoms with Gasteiger partial charge in [0.1, 0.15) is 0 Å². The van der Waals surface area contributed by atoms with Crippen LogP contribution < -0.4 is 5.73 Å². The van der Waals surface area contributed by atoms with Crippen molar-refractivity contribution in [3.8, 4) is 0 Å². The van der Waals surface area contributed by atoms with Crippen molar-refractivity contribution in [1.29, 1.82) is 0 Å². The molecular formula is C12H24N2O3S.